The maximum absolute atomic E-state index is 13.3. The topological polar surface area (TPSA) is 99.5 Å². The van der Waals surface area contributed by atoms with E-state index in [9.17, 15) is 19.8 Å². The molecule has 1 amide bonds. The number of carbonyl (C=O) groups is 2. The van der Waals surface area contributed by atoms with Gasteiger partial charge in [0.2, 0.25) is 0 Å². The maximum Gasteiger partial charge on any atom is 0.295 e. The maximum atomic E-state index is 13.3. The van der Waals surface area contributed by atoms with E-state index in [0.717, 1.165) is 12.1 Å². The second-order valence-corrected chi connectivity index (χ2v) is 9.76. The number of phenols is 1. The summed E-state index contributed by atoms with van der Waals surface area (Å²) >= 11 is 0. The summed E-state index contributed by atoms with van der Waals surface area (Å²) in [5.41, 5.74) is 1.74. The average molecular weight is 497 g/mol. The molecule has 0 radical (unpaired) electrons. The van der Waals surface area contributed by atoms with Gasteiger partial charge in [0, 0.05) is 12.1 Å². The number of ketones is 1. The summed E-state index contributed by atoms with van der Waals surface area (Å²) in [6, 6.07) is 9.12. The zero-order valence-corrected chi connectivity index (χ0v) is 21.9. The highest BCUT2D eigenvalue weighted by Crippen LogP contribution is 2.42. The number of ether oxygens (including phenoxy) is 2. The van der Waals surface area contributed by atoms with Gasteiger partial charge in [-0.1, -0.05) is 19.9 Å². The van der Waals surface area contributed by atoms with Crippen molar-refractivity contribution in [2.24, 2.45) is 5.92 Å². The first-order valence-electron chi connectivity index (χ1n) is 12.1. The van der Waals surface area contributed by atoms with E-state index >= 15 is 0 Å². The fourth-order valence-electron chi connectivity index (χ4n) is 4.28. The van der Waals surface area contributed by atoms with Gasteiger partial charge in [-0.3, -0.25) is 9.59 Å². The second kappa shape index (κ2) is 11.5. The Bertz CT molecular complexity index is 1150. The molecule has 1 aliphatic heterocycles. The Morgan fingerprint density at radius 1 is 1.14 bits per heavy atom. The first-order valence-corrected chi connectivity index (χ1v) is 12.1. The molecule has 2 N–H and O–H groups in total. The molecular formula is C28H36N2O6. The van der Waals surface area contributed by atoms with Gasteiger partial charge in [-0.05, 0) is 81.4 Å². The third kappa shape index (κ3) is 5.82. The molecule has 36 heavy (non-hydrogen) atoms. The normalized spacial score (nSPS) is 17.3. The van der Waals surface area contributed by atoms with Crippen molar-refractivity contribution in [1.29, 1.82) is 0 Å². The van der Waals surface area contributed by atoms with Crippen LogP contribution in [0, 0.1) is 12.8 Å². The first-order chi connectivity index (χ1) is 17.0. The Labute approximate surface area is 212 Å². The van der Waals surface area contributed by atoms with Crippen LogP contribution >= 0.6 is 0 Å². The lowest BCUT2D eigenvalue weighted by molar-refractivity contribution is -0.139. The van der Waals surface area contributed by atoms with Crippen molar-refractivity contribution in [1.82, 2.24) is 9.80 Å². The van der Waals surface area contributed by atoms with Gasteiger partial charge in [0.25, 0.3) is 11.7 Å². The molecule has 0 spiro atoms. The lowest BCUT2D eigenvalue weighted by Crippen LogP contribution is -2.32. The lowest BCUT2D eigenvalue weighted by Gasteiger charge is -2.26. The number of nitrogens with zero attached hydrogens (tertiary/aromatic N) is 2. The van der Waals surface area contributed by atoms with Crippen molar-refractivity contribution in [2.45, 2.75) is 33.2 Å². The minimum Gasteiger partial charge on any atom is -0.507 e. The number of aliphatic hydroxyl groups excluding tert-OH is 1. The number of Topliss-reactive ketones (excluding diaryl/α,β-unsaturated/α-hetero) is 1. The molecular weight excluding hydrogens is 460 g/mol. The second-order valence-electron chi connectivity index (χ2n) is 9.76. The number of likely N-dealkylation sites (tertiary alicyclic amines) is 1. The molecule has 0 unspecified atom stereocenters. The van der Waals surface area contributed by atoms with Crippen LogP contribution < -0.4 is 9.47 Å². The molecule has 1 fully saturated rings. The van der Waals surface area contributed by atoms with Gasteiger partial charge < -0.3 is 29.5 Å². The first kappa shape index (κ1) is 27.1. The van der Waals surface area contributed by atoms with Crippen LogP contribution in [0.25, 0.3) is 5.76 Å². The molecule has 194 valence electrons. The van der Waals surface area contributed by atoms with E-state index in [2.05, 4.69) is 13.8 Å². The molecule has 8 nitrogen and oxygen atoms in total. The van der Waals surface area contributed by atoms with Crippen LogP contribution in [0.15, 0.2) is 42.0 Å². The minimum atomic E-state index is -0.821. The molecule has 0 bridgehead atoms. The van der Waals surface area contributed by atoms with Gasteiger partial charge in [-0.2, -0.15) is 0 Å². The summed E-state index contributed by atoms with van der Waals surface area (Å²) in [5, 5.41) is 21.5. The van der Waals surface area contributed by atoms with Crippen LogP contribution in [-0.2, 0) is 9.59 Å². The molecule has 1 aliphatic rings. The number of aryl methyl sites for hydroxylation is 1. The zero-order chi connectivity index (χ0) is 26.6. The van der Waals surface area contributed by atoms with E-state index in [1.165, 1.54) is 18.1 Å². The van der Waals surface area contributed by atoms with E-state index in [-0.39, 0.29) is 22.8 Å². The fourth-order valence-corrected chi connectivity index (χ4v) is 4.28. The van der Waals surface area contributed by atoms with Crippen molar-refractivity contribution in [3.63, 3.8) is 0 Å². The summed E-state index contributed by atoms with van der Waals surface area (Å²) in [4.78, 5) is 29.9. The molecule has 2 aromatic rings. The van der Waals surface area contributed by atoms with E-state index < -0.39 is 17.7 Å². The van der Waals surface area contributed by atoms with Gasteiger partial charge in [-0.25, -0.2) is 0 Å². The Hall–Kier alpha value is -3.52. The van der Waals surface area contributed by atoms with Crippen LogP contribution in [-0.4, -0.2) is 72.6 Å². The van der Waals surface area contributed by atoms with E-state index in [4.69, 9.17) is 9.47 Å². The van der Waals surface area contributed by atoms with Gasteiger partial charge in [0.1, 0.15) is 11.5 Å². The number of hydrogen-bond acceptors (Lipinski definition) is 7. The molecule has 1 heterocycles. The van der Waals surface area contributed by atoms with Gasteiger partial charge in [0.15, 0.2) is 11.5 Å². The van der Waals surface area contributed by atoms with Gasteiger partial charge in [0.05, 0.1) is 25.3 Å². The quantitative estimate of drug-likeness (QED) is 0.290. The average Bonchev–Trinajstić information content (AvgIpc) is 3.07. The van der Waals surface area contributed by atoms with Crippen LogP contribution in [0.1, 0.15) is 43.0 Å². The third-order valence-electron chi connectivity index (χ3n) is 6.10. The molecule has 0 aliphatic carbocycles. The number of benzene rings is 2. The van der Waals surface area contributed by atoms with E-state index in [0.29, 0.717) is 42.4 Å². The lowest BCUT2D eigenvalue weighted by atomic mass is 9.93. The molecule has 2 aromatic carbocycles. The summed E-state index contributed by atoms with van der Waals surface area (Å²) in [6.07, 6.45) is 0.646. The third-order valence-corrected chi connectivity index (χ3v) is 6.10. The molecule has 1 saturated heterocycles. The number of aromatic hydroxyl groups is 1. The Morgan fingerprint density at radius 3 is 2.47 bits per heavy atom. The van der Waals surface area contributed by atoms with E-state index in [1.807, 2.05) is 32.0 Å². The fraction of sp³-hybridized carbons (Fsp3) is 0.429. The van der Waals surface area contributed by atoms with Crippen molar-refractivity contribution >= 4 is 17.4 Å². The number of rotatable bonds is 10. The summed E-state index contributed by atoms with van der Waals surface area (Å²) in [5.74, 6) is -0.456. The highest BCUT2D eigenvalue weighted by atomic mass is 16.5. The Kier molecular flexibility index (Phi) is 8.63. The summed E-state index contributed by atoms with van der Waals surface area (Å²) in [7, 11) is 5.31. The van der Waals surface area contributed by atoms with Crippen LogP contribution in [0.2, 0.25) is 0 Å². The Balaban J connectivity index is 2.10. The van der Waals surface area contributed by atoms with Crippen molar-refractivity contribution in [3.05, 3.63) is 58.7 Å². The van der Waals surface area contributed by atoms with E-state index in [1.54, 1.807) is 24.3 Å². The van der Waals surface area contributed by atoms with Gasteiger partial charge >= 0.3 is 0 Å². The smallest absolute Gasteiger partial charge is 0.295 e. The molecule has 0 saturated carbocycles. The minimum absolute atomic E-state index is 0.0107. The number of aliphatic hydroxyl groups is 1. The predicted octanol–water partition coefficient (Wildman–Crippen LogP) is 4.12. The number of carbonyl (C=O) groups excluding carboxylic acids is 2. The largest absolute Gasteiger partial charge is 0.507 e. The zero-order valence-electron chi connectivity index (χ0n) is 21.9. The highest BCUT2D eigenvalue weighted by Gasteiger charge is 2.46. The van der Waals surface area contributed by atoms with Crippen LogP contribution in [0.5, 0.6) is 17.2 Å². The molecule has 8 heteroatoms. The molecule has 0 aromatic heterocycles. The molecule has 1 atom stereocenters. The summed E-state index contributed by atoms with van der Waals surface area (Å²) in [6.45, 7) is 7.56. The number of amides is 1. The number of methoxy groups -OCH3 is 1. The van der Waals surface area contributed by atoms with Crippen LogP contribution in [0.4, 0.5) is 0 Å². The SMILES string of the molecule is COc1cc([C@H]2C(=C(O)c3ccc(OCC(C)C)cc3C)C(=O)C(=O)N2CCCN(C)C)ccc1O. The van der Waals surface area contributed by atoms with Gasteiger partial charge in [-0.15, -0.1) is 0 Å². The number of hydrogen-bond donors (Lipinski definition) is 2. The number of phenolic OH excluding ortho intramolecular Hbond substituents is 1. The highest BCUT2D eigenvalue weighted by molar-refractivity contribution is 6.46. The standard InChI is InChI=1S/C28H36N2O6/c1-17(2)16-36-20-9-10-21(18(3)14-20)26(32)24-25(19-8-11-22(31)23(15-19)35-6)30(28(34)27(24)33)13-7-12-29(4)5/h8-11,14-15,17,25,31-32H,7,12-13,16H2,1-6H3/t25-/m0/s1. The molecule has 3 rings (SSSR count). The van der Waals surface area contributed by atoms with Crippen molar-refractivity contribution in [2.75, 3.05) is 40.9 Å². The monoisotopic (exact) mass is 496 g/mol. The Morgan fingerprint density at radius 2 is 1.86 bits per heavy atom. The van der Waals surface area contributed by atoms with Crippen LogP contribution in [0.3, 0.4) is 0 Å². The summed E-state index contributed by atoms with van der Waals surface area (Å²) < 4.78 is 11.0. The van der Waals surface area contributed by atoms with Crippen molar-refractivity contribution in [3.8, 4) is 17.2 Å². The van der Waals surface area contributed by atoms with Crippen molar-refractivity contribution < 1.29 is 29.3 Å². The predicted molar refractivity (Wildman–Crippen MR) is 138 cm³/mol.